The Kier molecular flexibility index (Phi) is 2.80. The highest BCUT2D eigenvalue weighted by Crippen LogP contribution is 2.08. The molecule has 4 heteroatoms. The number of likely N-dealkylation sites (N-methyl/N-ethyl adjacent to an activating group) is 1. The molecule has 0 aliphatic carbocycles. The van der Waals surface area contributed by atoms with E-state index in [2.05, 4.69) is 5.32 Å². The van der Waals surface area contributed by atoms with Crippen LogP contribution in [0, 0.1) is 0 Å². The maximum atomic E-state index is 10.5. The summed E-state index contributed by atoms with van der Waals surface area (Å²) in [5.41, 5.74) is -1.24. The minimum Gasteiger partial charge on any atom is -0.480 e. The topological polar surface area (TPSA) is 69.6 Å². The van der Waals surface area contributed by atoms with Gasteiger partial charge in [0.2, 0.25) is 0 Å². The van der Waals surface area contributed by atoms with Gasteiger partial charge in [-0.1, -0.05) is 0 Å². The number of hydrogen-bond donors (Lipinski definition) is 3. The minimum atomic E-state index is -1.24. The maximum Gasteiger partial charge on any atom is 0.326 e. The molecule has 0 rings (SSSR count). The minimum absolute atomic E-state index is 0.907. The van der Waals surface area contributed by atoms with Gasteiger partial charge in [-0.05, 0) is 20.9 Å². The number of rotatable bonds is 3. The molecule has 3 N–H and O–H groups in total. The molecule has 0 heterocycles. The molecule has 0 aromatic heterocycles. The summed E-state index contributed by atoms with van der Waals surface area (Å²) in [6.45, 7) is 2.87. The van der Waals surface area contributed by atoms with E-state index in [1.807, 2.05) is 0 Å². The monoisotopic (exact) mass is 147 g/mol. The average Bonchev–Trinajstić information content (AvgIpc) is 1.85. The third kappa shape index (κ3) is 1.46. The van der Waals surface area contributed by atoms with Crippen molar-refractivity contribution in [3.05, 3.63) is 0 Å². The maximum absolute atomic E-state index is 10.5. The van der Waals surface area contributed by atoms with Crippen LogP contribution in [0.4, 0.5) is 0 Å². The molecule has 0 amide bonds. The van der Waals surface area contributed by atoms with Crippen LogP contribution in [0.3, 0.4) is 0 Å². The number of aliphatic carboxylic acids is 1. The Balaban J connectivity index is 4.38. The molecule has 60 valence electrons. The van der Waals surface area contributed by atoms with E-state index < -0.39 is 17.6 Å². The number of aliphatic hydroxyl groups is 1. The SMILES string of the molecule is CNC(C)(C(=O)O)C(C)O. The van der Waals surface area contributed by atoms with Crippen LogP contribution in [0.5, 0.6) is 0 Å². The number of carbonyl (C=O) groups is 1. The number of hydrogen-bond acceptors (Lipinski definition) is 3. The van der Waals surface area contributed by atoms with E-state index in [4.69, 9.17) is 10.2 Å². The van der Waals surface area contributed by atoms with Crippen LogP contribution >= 0.6 is 0 Å². The van der Waals surface area contributed by atoms with Gasteiger partial charge >= 0.3 is 5.97 Å². The van der Waals surface area contributed by atoms with E-state index in [0.717, 1.165) is 0 Å². The van der Waals surface area contributed by atoms with Crippen molar-refractivity contribution in [2.45, 2.75) is 25.5 Å². The van der Waals surface area contributed by atoms with Crippen molar-refractivity contribution in [2.75, 3.05) is 7.05 Å². The standard InChI is InChI=1S/C6H13NO3/c1-4(8)6(2,7-3)5(9)10/h4,7-8H,1-3H3,(H,9,10). The van der Waals surface area contributed by atoms with Crippen molar-refractivity contribution in [1.82, 2.24) is 5.32 Å². The number of nitrogens with one attached hydrogen (secondary N) is 1. The second-order valence-corrected chi connectivity index (χ2v) is 2.43. The number of aliphatic hydroxyl groups excluding tert-OH is 1. The fourth-order valence-electron chi connectivity index (χ4n) is 0.495. The molecule has 0 saturated carbocycles. The molecule has 0 spiro atoms. The molecule has 10 heavy (non-hydrogen) atoms. The zero-order valence-electron chi connectivity index (χ0n) is 6.38. The molecule has 0 aliphatic heterocycles. The lowest BCUT2D eigenvalue weighted by Gasteiger charge is -2.26. The first-order chi connectivity index (χ1) is 4.45. The summed E-state index contributed by atoms with van der Waals surface area (Å²) in [5.74, 6) is -1.05. The Hall–Kier alpha value is -0.610. The Morgan fingerprint density at radius 1 is 1.70 bits per heavy atom. The summed E-state index contributed by atoms with van der Waals surface area (Å²) in [7, 11) is 1.50. The van der Waals surface area contributed by atoms with Crippen LogP contribution < -0.4 is 5.32 Å². The Labute approximate surface area is 59.9 Å². The molecule has 0 radical (unpaired) electrons. The summed E-state index contributed by atoms with van der Waals surface area (Å²) in [5, 5.41) is 20.1. The molecule has 0 saturated heterocycles. The van der Waals surface area contributed by atoms with Gasteiger partial charge in [-0.15, -0.1) is 0 Å². The van der Waals surface area contributed by atoms with E-state index in [-0.39, 0.29) is 0 Å². The van der Waals surface area contributed by atoms with Crippen molar-refractivity contribution in [3.8, 4) is 0 Å². The Bertz CT molecular complexity index is 135. The van der Waals surface area contributed by atoms with E-state index in [9.17, 15) is 4.79 Å². The molecule has 4 nitrogen and oxygen atoms in total. The van der Waals surface area contributed by atoms with Crippen LogP contribution in [0.15, 0.2) is 0 Å². The highest BCUT2D eigenvalue weighted by atomic mass is 16.4. The molecule has 0 aromatic rings. The molecule has 0 aromatic carbocycles. The normalized spacial score (nSPS) is 19.6. The summed E-state index contributed by atoms with van der Waals surface area (Å²) >= 11 is 0. The molecule has 0 aliphatic rings. The quantitative estimate of drug-likeness (QED) is 0.500. The predicted octanol–water partition coefficient (Wildman–Crippen LogP) is -0.570. The third-order valence-corrected chi connectivity index (χ3v) is 1.80. The average molecular weight is 147 g/mol. The highest BCUT2D eigenvalue weighted by Gasteiger charge is 2.36. The molecule has 2 unspecified atom stereocenters. The fourth-order valence-corrected chi connectivity index (χ4v) is 0.495. The van der Waals surface area contributed by atoms with Crippen molar-refractivity contribution in [3.63, 3.8) is 0 Å². The lowest BCUT2D eigenvalue weighted by Crippen LogP contribution is -2.55. The zero-order chi connectivity index (χ0) is 8.36. The first kappa shape index (κ1) is 9.39. The molecule has 0 fully saturated rings. The Morgan fingerprint density at radius 2 is 2.10 bits per heavy atom. The summed E-state index contributed by atoms with van der Waals surface area (Å²) in [6, 6.07) is 0. The second-order valence-electron chi connectivity index (χ2n) is 2.43. The smallest absolute Gasteiger partial charge is 0.326 e. The summed E-state index contributed by atoms with van der Waals surface area (Å²) in [4.78, 5) is 10.5. The predicted molar refractivity (Wildman–Crippen MR) is 36.8 cm³/mol. The van der Waals surface area contributed by atoms with E-state index >= 15 is 0 Å². The molecular weight excluding hydrogens is 134 g/mol. The molecule has 2 atom stereocenters. The third-order valence-electron chi connectivity index (χ3n) is 1.80. The van der Waals surface area contributed by atoms with Crippen LogP contribution in [0.25, 0.3) is 0 Å². The van der Waals surface area contributed by atoms with Gasteiger partial charge < -0.3 is 15.5 Å². The van der Waals surface area contributed by atoms with Crippen LogP contribution in [0.1, 0.15) is 13.8 Å². The van der Waals surface area contributed by atoms with E-state index in [1.54, 1.807) is 0 Å². The first-order valence-corrected chi connectivity index (χ1v) is 3.05. The Morgan fingerprint density at radius 3 is 2.10 bits per heavy atom. The fraction of sp³-hybridized carbons (Fsp3) is 0.833. The lowest BCUT2D eigenvalue weighted by molar-refractivity contribution is -0.148. The van der Waals surface area contributed by atoms with Gasteiger partial charge in [0.05, 0.1) is 6.10 Å². The molecular formula is C6H13NO3. The van der Waals surface area contributed by atoms with Crippen LogP contribution in [-0.4, -0.2) is 34.9 Å². The van der Waals surface area contributed by atoms with E-state index in [0.29, 0.717) is 0 Å². The van der Waals surface area contributed by atoms with Gasteiger partial charge in [0.15, 0.2) is 0 Å². The van der Waals surface area contributed by atoms with Gasteiger partial charge in [-0.3, -0.25) is 4.79 Å². The second kappa shape index (κ2) is 2.98. The van der Waals surface area contributed by atoms with E-state index in [1.165, 1.54) is 20.9 Å². The largest absolute Gasteiger partial charge is 0.480 e. The van der Waals surface area contributed by atoms with Gasteiger partial charge in [0, 0.05) is 0 Å². The van der Waals surface area contributed by atoms with Crippen molar-refractivity contribution in [1.29, 1.82) is 0 Å². The molecule has 0 bridgehead atoms. The first-order valence-electron chi connectivity index (χ1n) is 3.05. The van der Waals surface area contributed by atoms with Crippen LogP contribution in [-0.2, 0) is 4.79 Å². The number of carboxylic acid groups (broad SMARTS) is 1. The van der Waals surface area contributed by atoms with Crippen molar-refractivity contribution in [2.24, 2.45) is 0 Å². The highest BCUT2D eigenvalue weighted by molar-refractivity contribution is 5.78. The van der Waals surface area contributed by atoms with Gasteiger partial charge in [0.1, 0.15) is 5.54 Å². The van der Waals surface area contributed by atoms with Gasteiger partial charge in [-0.25, -0.2) is 0 Å². The van der Waals surface area contributed by atoms with Gasteiger partial charge in [-0.2, -0.15) is 0 Å². The summed E-state index contributed by atoms with van der Waals surface area (Å²) < 4.78 is 0. The summed E-state index contributed by atoms with van der Waals surface area (Å²) in [6.07, 6.45) is -0.907. The van der Waals surface area contributed by atoms with Gasteiger partial charge in [0.25, 0.3) is 0 Å². The lowest BCUT2D eigenvalue weighted by atomic mass is 9.97. The van der Waals surface area contributed by atoms with Crippen LogP contribution in [0.2, 0.25) is 0 Å². The zero-order valence-corrected chi connectivity index (χ0v) is 6.38. The van der Waals surface area contributed by atoms with Crippen molar-refractivity contribution >= 4 is 5.97 Å². The van der Waals surface area contributed by atoms with Crippen molar-refractivity contribution < 1.29 is 15.0 Å². The number of carboxylic acids is 1.